The van der Waals surface area contributed by atoms with Gasteiger partial charge in [0.2, 0.25) is 0 Å². The molecular formula is C15H30N2O2. The van der Waals surface area contributed by atoms with Gasteiger partial charge in [-0.05, 0) is 44.7 Å². The van der Waals surface area contributed by atoms with Gasteiger partial charge in [0.05, 0.1) is 6.61 Å². The fraction of sp³-hybridized carbons (Fsp3) is 1.00. The van der Waals surface area contributed by atoms with Gasteiger partial charge in [0.15, 0.2) is 0 Å². The molecule has 0 spiro atoms. The first-order valence-electron chi connectivity index (χ1n) is 7.97. The van der Waals surface area contributed by atoms with Gasteiger partial charge in [0, 0.05) is 38.3 Å². The van der Waals surface area contributed by atoms with E-state index >= 15 is 0 Å². The van der Waals surface area contributed by atoms with Gasteiger partial charge in [-0.2, -0.15) is 0 Å². The van der Waals surface area contributed by atoms with Crippen molar-refractivity contribution in [1.82, 2.24) is 10.2 Å². The van der Waals surface area contributed by atoms with Crippen LogP contribution >= 0.6 is 0 Å². The molecule has 4 heteroatoms. The van der Waals surface area contributed by atoms with Crippen LogP contribution in [-0.4, -0.2) is 62.0 Å². The Labute approximate surface area is 117 Å². The topological polar surface area (TPSA) is 44.7 Å². The molecule has 2 N–H and O–H groups in total. The third-order valence-corrected chi connectivity index (χ3v) is 4.53. The molecule has 0 bridgehead atoms. The molecule has 19 heavy (non-hydrogen) atoms. The fourth-order valence-corrected chi connectivity index (χ4v) is 3.40. The summed E-state index contributed by atoms with van der Waals surface area (Å²) in [4.78, 5) is 2.57. The lowest BCUT2D eigenvalue weighted by atomic mass is 9.95. The molecular weight excluding hydrogens is 240 g/mol. The molecule has 2 rings (SSSR count). The number of likely N-dealkylation sites (tertiary alicyclic amines) is 1. The van der Waals surface area contributed by atoms with E-state index < -0.39 is 0 Å². The van der Waals surface area contributed by atoms with Crippen molar-refractivity contribution in [3.63, 3.8) is 0 Å². The standard InChI is InChI=1S/C15H30N2O2/c1-2-6-16-15-5-9-19-12-14(15)11-17-7-3-13(10-17)4-8-18/h13-16,18H,2-12H2,1H3. The van der Waals surface area contributed by atoms with Crippen molar-refractivity contribution in [2.75, 3.05) is 46.0 Å². The molecule has 2 heterocycles. The molecule has 3 unspecified atom stereocenters. The van der Waals surface area contributed by atoms with Crippen LogP contribution in [0.3, 0.4) is 0 Å². The second-order valence-corrected chi connectivity index (χ2v) is 6.11. The normalized spacial score (nSPS) is 32.8. The molecule has 0 saturated carbocycles. The maximum Gasteiger partial charge on any atom is 0.0521 e. The number of hydrogen-bond acceptors (Lipinski definition) is 4. The predicted octanol–water partition coefficient (Wildman–Crippen LogP) is 1.10. The van der Waals surface area contributed by atoms with Gasteiger partial charge < -0.3 is 20.1 Å². The van der Waals surface area contributed by atoms with Crippen LogP contribution in [0.1, 0.15) is 32.6 Å². The monoisotopic (exact) mass is 270 g/mol. The van der Waals surface area contributed by atoms with E-state index in [-0.39, 0.29) is 0 Å². The van der Waals surface area contributed by atoms with Gasteiger partial charge in [0.1, 0.15) is 0 Å². The minimum atomic E-state index is 0.339. The zero-order valence-corrected chi connectivity index (χ0v) is 12.3. The molecule has 0 aromatic heterocycles. The maximum atomic E-state index is 9.02. The smallest absolute Gasteiger partial charge is 0.0521 e. The Morgan fingerprint density at radius 2 is 2.26 bits per heavy atom. The van der Waals surface area contributed by atoms with Crippen LogP contribution in [0.15, 0.2) is 0 Å². The van der Waals surface area contributed by atoms with Crippen molar-refractivity contribution in [3.8, 4) is 0 Å². The average molecular weight is 270 g/mol. The van der Waals surface area contributed by atoms with Crippen molar-refractivity contribution in [2.24, 2.45) is 11.8 Å². The van der Waals surface area contributed by atoms with Crippen molar-refractivity contribution in [1.29, 1.82) is 0 Å². The molecule has 2 aliphatic heterocycles. The lowest BCUT2D eigenvalue weighted by Gasteiger charge is -2.35. The van der Waals surface area contributed by atoms with E-state index in [1.165, 1.54) is 19.4 Å². The van der Waals surface area contributed by atoms with E-state index in [0.29, 0.717) is 24.5 Å². The fourth-order valence-electron chi connectivity index (χ4n) is 3.40. The summed E-state index contributed by atoms with van der Waals surface area (Å²) >= 11 is 0. The van der Waals surface area contributed by atoms with E-state index in [0.717, 1.165) is 45.7 Å². The lowest BCUT2D eigenvalue weighted by Crippen LogP contribution is -2.47. The third-order valence-electron chi connectivity index (χ3n) is 4.53. The third kappa shape index (κ3) is 4.71. The second-order valence-electron chi connectivity index (χ2n) is 6.11. The number of aliphatic hydroxyl groups excluding tert-OH is 1. The molecule has 0 aliphatic carbocycles. The summed E-state index contributed by atoms with van der Waals surface area (Å²) in [6, 6.07) is 0.630. The summed E-state index contributed by atoms with van der Waals surface area (Å²) in [5.74, 6) is 1.34. The van der Waals surface area contributed by atoms with Crippen molar-refractivity contribution < 1.29 is 9.84 Å². The number of nitrogens with zero attached hydrogens (tertiary/aromatic N) is 1. The Bertz CT molecular complexity index is 250. The summed E-state index contributed by atoms with van der Waals surface area (Å²) in [7, 11) is 0. The Kier molecular flexibility index (Phi) is 6.57. The van der Waals surface area contributed by atoms with Crippen LogP contribution in [0.25, 0.3) is 0 Å². The van der Waals surface area contributed by atoms with Crippen molar-refractivity contribution >= 4 is 0 Å². The Morgan fingerprint density at radius 1 is 1.37 bits per heavy atom. The Hall–Kier alpha value is -0.160. The zero-order valence-electron chi connectivity index (χ0n) is 12.3. The molecule has 112 valence electrons. The molecule has 3 atom stereocenters. The van der Waals surface area contributed by atoms with Crippen LogP contribution in [0.5, 0.6) is 0 Å². The van der Waals surface area contributed by atoms with E-state index in [2.05, 4.69) is 17.1 Å². The minimum absolute atomic E-state index is 0.339. The number of nitrogens with one attached hydrogen (secondary N) is 1. The Morgan fingerprint density at radius 3 is 3.05 bits per heavy atom. The molecule has 0 aromatic carbocycles. The first kappa shape index (κ1) is 15.2. The van der Waals surface area contributed by atoms with Crippen LogP contribution < -0.4 is 5.32 Å². The highest BCUT2D eigenvalue weighted by atomic mass is 16.5. The SMILES string of the molecule is CCCNC1CCOCC1CN1CCC(CCO)C1. The summed E-state index contributed by atoms with van der Waals surface area (Å²) in [6.45, 7) is 9.01. The van der Waals surface area contributed by atoms with Gasteiger partial charge in [-0.15, -0.1) is 0 Å². The minimum Gasteiger partial charge on any atom is -0.396 e. The van der Waals surface area contributed by atoms with E-state index in [1.807, 2.05) is 0 Å². The van der Waals surface area contributed by atoms with Gasteiger partial charge in [0.25, 0.3) is 0 Å². The molecule has 2 fully saturated rings. The van der Waals surface area contributed by atoms with Gasteiger partial charge in [-0.25, -0.2) is 0 Å². The molecule has 4 nitrogen and oxygen atoms in total. The Balaban J connectivity index is 1.76. The summed E-state index contributed by atoms with van der Waals surface area (Å²) in [5, 5.41) is 12.7. The second kappa shape index (κ2) is 8.20. The van der Waals surface area contributed by atoms with Gasteiger partial charge >= 0.3 is 0 Å². The summed E-state index contributed by atoms with van der Waals surface area (Å²) < 4.78 is 5.67. The first-order chi connectivity index (χ1) is 9.33. The van der Waals surface area contributed by atoms with E-state index in [1.54, 1.807) is 0 Å². The van der Waals surface area contributed by atoms with Crippen LogP contribution in [-0.2, 0) is 4.74 Å². The number of rotatable bonds is 7. The summed E-state index contributed by atoms with van der Waals surface area (Å²) in [6.07, 6.45) is 4.57. The lowest BCUT2D eigenvalue weighted by molar-refractivity contribution is 0.0190. The van der Waals surface area contributed by atoms with Crippen LogP contribution in [0, 0.1) is 11.8 Å². The number of hydrogen-bond donors (Lipinski definition) is 2. The van der Waals surface area contributed by atoms with E-state index in [9.17, 15) is 0 Å². The highest BCUT2D eigenvalue weighted by Gasteiger charge is 2.30. The van der Waals surface area contributed by atoms with Crippen molar-refractivity contribution in [3.05, 3.63) is 0 Å². The molecule has 0 radical (unpaired) electrons. The molecule has 0 aromatic rings. The maximum absolute atomic E-state index is 9.02. The zero-order chi connectivity index (χ0) is 13.5. The number of aliphatic hydroxyl groups is 1. The van der Waals surface area contributed by atoms with Gasteiger partial charge in [-0.1, -0.05) is 6.92 Å². The van der Waals surface area contributed by atoms with Crippen LogP contribution in [0.2, 0.25) is 0 Å². The molecule has 2 aliphatic rings. The summed E-state index contributed by atoms with van der Waals surface area (Å²) in [5.41, 5.74) is 0. The highest BCUT2D eigenvalue weighted by Crippen LogP contribution is 2.23. The van der Waals surface area contributed by atoms with E-state index in [4.69, 9.17) is 9.84 Å². The number of ether oxygens (including phenoxy) is 1. The molecule has 0 amide bonds. The predicted molar refractivity (Wildman–Crippen MR) is 77.3 cm³/mol. The van der Waals surface area contributed by atoms with Crippen LogP contribution in [0.4, 0.5) is 0 Å². The quantitative estimate of drug-likeness (QED) is 0.727. The largest absolute Gasteiger partial charge is 0.396 e. The molecule has 2 saturated heterocycles. The first-order valence-corrected chi connectivity index (χ1v) is 7.97. The highest BCUT2D eigenvalue weighted by molar-refractivity contribution is 4.85. The average Bonchev–Trinajstić information content (AvgIpc) is 2.86. The van der Waals surface area contributed by atoms with Gasteiger partial charge in [-0.3, -0.25) is 0 Å². The van der Waals surface area contributed by atoms with Crippen molar-refractivity contribution in [2.45, 2.75) is 38.6 Å².